The first-order valence-corrected chi connectivity index (χ1v) is 5.01. The van der Waals surface area contributed by atoms with Crippen LogP contribution in [0.5, 0.6) is 0 Å². The van der Waals surface area contributed by atoms with E-state index in [1.54, 1.807) is 0 Å². The van der Waals surface area contributed by atoms with Crippen LogP contribution in [0, 0.1) is 0 Å². The summed E-state index contributed by atoms with van der Waals surface area (Å²) in [5, 5.41) is 0. The van der Waals surface area contributed by atoms with Crippen molar-refractivity contribution in [2.24, 2.45) is 4.99 Å². The number of aromatic nitrogens is 1. The third kappa shape index (κ3) is 2.10. The Morgan fingerprint density at radius 1 is 1.57 bits per heavy atom. The Morgan fingerprint density at radius 2 is 2.50 bits per heavy atom. The van der Waals surface area contributed by atoms with Crippen molar-refractivity contribution in [2.45, 2.75) is 19.4 Å². The van der Waals surface area contributed by atoms with Crippen molar-refractivity contribution in [3.05, 3.63) is 30.1 Å². The SMILES string of the molecule is C[C@H]1CN=CN1CCc1cccnc1. The van der Waals surface area contributed by atoms with Crippen LogP contribution in [-0.2, 0) is 6.42 Å². The Labute approximate surface area is 84.5 Å². The summed E-state index contributed by atoms with van der Waals surface area (Å²) in [6, 6.07) is 4.66. The molecule has 3 nitrogen and oxygen atoms in total. The average molecular weight is 189 g/mol. The van der Waals surface area contributed by atoms with Gasteiger partial charge in [0.15, 0.2) is 0 Å². The number of hydrogen-bond acceptors (Lipinski definition) is 3. The van der Waals surface area contributed by atoms with Crippen LogP contribution in [-0.4, -0.2) is 35.4 Å². The lowest BCUT2D eigenvalue weighted by Crippen LogP contribution is -2.30. The normalized spacial score (nSPS) is 20.4. The minimum atomic E-state index is 0.562. The maximum atomic E-state index is 4.24. The summed E-state index contributed by atoms with van der Waals surface area (Å²) in [4.78, 5) is 10.6. The summed E-state index contributed by atoms with van der Waals surface area (Å²) in [7, 11) is 0. The van der Waals surface area contributed by atoms with E-state index in [1.165, 1.54) is 5.56 Å². The highest BCUT2D eigenvalue weighted by Gasteiger charge is 2.14. The third-order valence-corrected chi connectivity index (χ3v) is 2.55. The molecule has 0 spiro atoms. The van der Waals surface area contributed by atoms with E-state index in [4.69, 9.17) is 0 Å². The van der Waals surface area contributed by atoms with Crippen molar-refractivity contribution in [1.29, 1.82) is 0 Å². The summed E-state index contributed by atoms with van der Waals surface area (Å²) in [6.45, 7) is 4.18. The molecule has 0 aliphatic carbocycles. The molecule has 2 heterocycles. The van der Waals surface area contributed by atoms with Gasteiger partial charge in [-0.2, -0.15) is 0 Å². The summed E-state index contributed by atoms with van der Waals surface area (Å²) < 4.78 is 0. The maximum Gasteiger partial charge on any atom is 0.0853 e. The predicted molar refractivity (Wildman–Crippen MR) is 57.5 cm³/mol. The lowest BCUT2D eigenvalue weighted by atomic mass is 10.2. The second kappa shape index (κ2) is 4.22. The Morgan fingerprint density at radius 3 is 3.14 bits per heavy atom. The molecule has 14 heavy (non-hydrogen) atoms. The van der Waals surface area contributed by atoms with E-state index in [-0.39, 0.29) is 0 Å². The Kier molecular flexibility index (Phi) is 2.77. The van der Waals surface area contributed by atoms with Crippen LogP contribution in [0.3, 0.4) is 0 Å². The highest BCUT2D eigenvalue weighted by Crippen LogP contribution is 2.06. The van der Waals surface area contributed by atoms with Crippen molar-refractivity contribution < 1.29 is 0 Å². The standard InChI is InChI=1S/C11H15N3/c1-10-7-13-9-14(10)6-4-11-3-2-5-12-8-11/h2-3,5,8-10H,4,6-7H2,1H3/t10-/m0/s1. The number of rotatable bonds is 3. The number of aliphatic imine (C=N–C) groups is 1. The molecule has 0 bridgehead atoms. The van der Waals surface area contributed by atoms with Crippen molar-refractivity contribution in [2.75, 3.05) is 13.1 Å². The molecule has 74 valence electrons. The topological polar surface area (TPSA) is 28.5 Å². The van der Waals surface area contributed by atoms with E-state index in [0.29, 0.717) is 6.04 Å². The molecule has 1 aromatic heterocycles. The molecule has 2 rings (SSSR count). The molecule has 1 aliphatic rings. The Bertz CT molecular complexity index is 308. The first kappa shape index (κ1) is 9.19. The highest BCUT2D eigenvalue weighted by molar-refractivity contribution is 5.57. The lowest BCUT2D eigenvalue weighted by Gasteiger charge is -2.19. The first-order valence-electron chi connectivity index (χ1n) is 5.01. The van der Waals surface area contributed by atoms with Crippen LogP contribution in [0.1, 0.15) is 12.5 Å². The van der Waals surface area contributed by atoms with E-state index in [2.05, 4.69) is 27.9 Å². The maximum absolute atomic E-state index is 4.24. The van der Waals surface area contributed by atoms with E-state index in [1.807, 2.05) is 24.8 Å². The molecule has 0 aromatic carbocycles. The van der Waals surface area contributed by atoms with E-state index < -0.39 is 0 Å². The highest BCUT2D eigenvalue weighted by atomic mass is 15.2. The van der Waals surface area contributed by atoms with Gasteiger partial charge in [0.25, 0.3) is 0 Å². The molecule has 0 radical (unpaired) electrons. The predicted octanol–water partition coefficient (Wildman–Crippen LogP) is 1.36. The number of pyridine rings is 1. The van der Waals surface area contributed by atoms with Crippen LogP contribution in [0.4, 0.5) is 0 Å². The quantitative estimate of drug-likeness (QED) is 0.718. The van der Waals surface area contributed by atoms with Crippen LogP contribution >= 0.6 is 0 Å². The zero-order valence-corrected chi connectivity index (χ0v) is 8.43. The van der Waals surface area contributed by atoms with Crippen molar-refractivity contribution in [3.8, 4) is 0 Å². The first-order chi connectivity index (χ1) is 6.86. The van der Waals surface area contributed by atoms with Gasteiger partial charge in [-0.05, 0) is 25.0 Å². The van der Waals surface area contributed by atoms with Gasteiger partial charge < -0.3 is 4.90 Å². The van der Waals surface area contributed by atoms with Crippen LogP contribution in [0.2, 0.25) is 0 Å². The van der Waals surface area contributed by atoms with Gasteiger partial charge in [0.2, 0.25) is 0 Å². The molecule has 0 N–H and O–H groups in total. The number of hydrogen-bond donors (Lipinski definition) is 0. The smallest absolute Gasteiger partial charge is 0.0853 e. The lowest BCUT2D eigenvalue weighted by molar-refractivity contribution is 0.375. The van der Waals surface area contributed by atoms with Crippen molar-refractivity contribution >= 4 is 6.34 Å². The second-order valence-electron chi connectivity index (χ2n) is 3.68. The average Bonchev–Trinajstić information content (AvgIpc) is 2.63. The van der Waals surface area contributed by atoms with Gasteiger partial charge in [-0.25, -0.2) is 0 Å². The third-order valence-electron chi connectivity index (χ3n) is 2.55. The van der Waals surface area contributed by atoms with Gasteiger partial charge in [-0.3, -0.25) is 9.98 Å². The molecule has 0 amide bonds. The molecule has 0 fully saturated rings. The van der Waals surface area contributed by atoms with E-state index >= 15 is 0 Å². The van der Waals surface area contributed by atoms with Gasteiger partial charge in [0.05, 0.1) is 12.9 Å². The van der Waals surface area contributed by atoms with Crippen LogP contribution in [0.25, 0.3) is 0 Å². The Balaban J connectivity index is 1.86. The van der Waals surface area contributed by atoms with E-state index in [0.717, 1.165) is 19.5 Å². The van der Waals surface area contributed by atoms with Gasteiger partial charge in [-0.15, -0.1) is 0 Å². The molecule has 3 heteroatoms. The monoisotopic (exact) mass is 189 g/mol. The fourth-order valence-electron chi connectivity index (χ4n) is 1.61. The van der Waals surface area contributed by atoms with E-state index in [9.17, 15) is 0 Å². The minimum Gasteiger partial charge on any atom is -0.358 e. The second-order valence-corrected chi connectivity index (χ2v) is 3.68. The molecule has 1 atom stereocenters. The van der Waals surface area contributed by atoms with Gasteiger partial charge in [-0.1, -0.05) is 6.07 Å². The van der Waals surface area contributed by atoms with Crippen molar-refractivity contribution in [3.63, 3.8) is 0 Å². The minimum absolute atomic E-state index is 0.562. The Hall–Kier alpha value is -1.38. The number of nitrogens with zero attached hydrogens (tertiary/aromatic N) is 3. The van der Waals surface area contributed by atoms with Gasteiger partial charge in [0, 0.05) is 25.0 Å². The fraction of sp³-hybridized carbons (Fsp3) is 0.455. The molecular formula is C11H15N3. The molecule has 0 saturated heterocycles. The van der Waals surface area contributed by atoms with Crippen molar-refractivity contribution in [1.82, 2.24) is 9.88 Å². The van der Waals surface area contributed by atoms with Crippen LogP contribution in [0.15, 0.2) is 29.5 Å². The van der Waals surface area contributed by atoms with Gasteiger partial charge >= 0.3 is 0 Å². The summed E-state index contributed by atoms with van der Waals surface area (Å²) in [5.74, 6) is 0. The molecular weight excluding hydrogens is 174 g/mol. The van der Waals surface area contributed by atoms with Crippen LogP contribution < -0.4 is 0 Å². The summed E-state index contributed by atoms with van der Waals surface area (Å²) >= 11 is 0. The summed E-state index contributed by atoms with van der Waals surface area (Å²) in [6.07, 6.45) is 6.74. The molecule has 0 saturated carbocycles. The zero-order valence-electron chi connectivity index (χ0n) is 8.43. The molecule has 1 aromatic rings. The molecule has 0 unspecified atom stereocenters. The largest absolute Gasteiger partial charge is 0.358 e. The fourth-order valence-corrected chi connectivity index (χ4v) is 1.61. The molecule has 1 aliphatic heterocycles. The zero-order chi connectivity index (χ0) is 9.80. The summed E-state index contributed by atoms with van der Waals surface area (Å²) in [5.41, 5.74) is 1.29. The van der Waals surface area contributed by atoms with Gasteiger partial charge in [0.1, 0.15) is 0 Å².